The lowest BCUT2D eigenvalue weighted by atomic mass is 10.1. The summed E-state index contributed by atoms with van der Waals surface area (Å²) < 4.78 is 10.6. The molecule has 2 unspecified atom stereocenters. The third-order valence-electron chi connectivity index (χ3n) is 3.58. The predicted molar refractivity (Wildman–Crippen MR) is 69.9 cm³/mol. The highest BCUT2D eigenvalue weighted by molar-refractivity contribution is 5.41. The molecule has 0 saturated carbocycles. The fourth-order valence-electron chi connectivity index (χ4n) is 2.54. The van der Waals surface area contributed by atoms with Crippen LogP contribution in [0.3, 0.4) is 0 Å². The van der Waals surface area contributed by atoms with Crippen LogP contribution in [0.25, 0.3) is 0 Å². The summed E-state index contributed by atoms with van der Waals surface area (Å²) >= 11 is 0. The molecule has 1 saturated heterocycles. The first-order valence-electron chi connectivity index (χ1n) is 6.29. The van der Waals surface area contributed by atoms with Crippen molar-refractivity contribution in [1.82, 2.24) is 4.90 Å². The van der Waals surface area contributed by atoms with Gasteiger partial charge in [-0.3, -0.25) is 4.90 Å². The van der Waals surface area contributed by atoms with Gasteiger partial charge in [0.05, 0.1) is 13.2 Å². The highest BCUT2D eigenvalue weighted by atomic mass is 16.5. The molecule has 4 heteroatoms. The number of likely N-dealkylation sites (N-methyl/N-ethyl adjacent to an activating group) is 1. The predicted octanol–water partition coefficient (Wildman–Crippen LogP) is 2.01. The van der Waals surface area contributed by atoms with E-state index >= 15 is 0 Å². The number of nitrogens with zero attached hydrogens (tertiary/aromatic N) is 1. The number of benzene rings is 1. The second-order valence-electron chi connectivity index (χ2n) is 4.85. The van der Waals surface area contributed by atoms with Crippen LogP contribution >= 0.6 is 0 Å². The monoisotopic (exact) mass is 251 g/mol. The van der Waals surface area contributed by atoms with E-state index in [2.05, 4.69) is 18.9 Å². The Bertz CT molecular complexity index is 408. The first-order chi connectivity index (χ1) is 8.61. The third-order valence-corrected chi connectivity index (χ3v) is 3.58. The normalized spacial score (nSPS) is 23.6. The maximum Gasteiger partial charge on any atom is 0.160 e. The van der Waals surface area contributed by atoms with E-state index in [0.717, 1.165) is 25.1 Å². The number of phenolic OH excluding ortho intramolecular Hbond substituents is 1. The molecule has 100 valence electrons. The SMILES string of the molecule is COc1ccc(CN(C)C2CCOC2C)cc1O. The van der Waals surface area contributed by atoms with Crippen LogP contribution in [0.1, 0.15) is 18.9 Å². The van der Waals surface area contributed by atoms with Crippen LogP contribution in [-0.2, 0) is 11.3 Å². The summed E-state index contributed by atoms with van der Waals surface area (Å²) in [4.78, 5) is 2.28. The average Bonchev–Trinajstić information content (AvgIpc) is 2.76. The molecule has 1 fully saturated rings. The Morgan fingerprint density at radius 2 is 2.28 bits per heavy atom. The van der Waals surface area contributed by atoms with Gasteiger partial charge in [0, 0.05) is 19.2 Å². The van der Waals surface area contributed by atoms with Gasteiger partial charge in [-0.2, -0.15) is 0 Å². The summed E-state index contributed by atoms with van der Waals surface area (Å²) in [6, 6.07) is 5.99. The Hall–Kier alpha value is -1.26. The average molecular weight is 251 g/mol. The Kier molecular flexibility index (Phi) is 4.09. The number of aromatic hydroxyl groups is 1. The molecule has 1 aliphatic heterocycles. The van der Waals surface area contributed by atoms with Gasteiger partial charge >= 0.3 is 0 Å². The molecule has 1 aromatic rings. The maximum atomic E-state index is 9.75. The minimum atomic E-state index is 0.194. The molecule has 4 nitrogen and oxygen atoms in total. The molecule has 0 bridgehead atoms. The molecular formula is C14H21NO3. The largest absolute Gasteiger partial charge is 0.504 e. The van der Waals surface area contributed by atoms with E-state index in [0.29, 0.717) is 11.8 Å². The quantitative estimate of drug-likeness (QED) is 0.889. The fourth-order valence-corrected chi connectivity index (χ4v) is 2.54. The fraction of sp³-hybridized carbons (Fsp3) is 0.571. The summed E-state index contributed by atoms with van der Waals surface area (Å²) in [5.41, 5.74) is 1.08. The molecular weight excluding hydrogens is 230 g/mol. The molecule has 0 radical (unpaired) electrons. The Balaban J connectivity index is 2.02. The number of methoxy groups -OCH3 is 1. The summed E-state index contributed by atoms with van der Waals surface area (Å²) in [6.07, 6.45) is 1.35. The van der Waals surface area contributed by atoms with E-state index in [1.54, 1.807) is 19.2 Å². The molecule has 1 aromatic carbocycles. The van der Waals surface area contributed by atoms with Crippen LogP contribution in [0.5, 0.6) is 11.5 Å². The third kappa shape index (κ3) is 2.76. The van der Waals surface area contributed by atoms with Gasteiger partial charge in [0.1, 0.15) is 0 Å². The Morgan fingerprint density at radius 1 is 1.50 bits per heavy atom. The number of hydrogen-bond acceptors (Lipinski definition) is 4. The van der Waals surface area contributed by atoms with Gasteiger partial charge in [-0.05, 0) is 38.1 Å². The van der Waals surface area contributed by atoms with Crippen LogP contribution in [-0.4, -0.2) is 42.9 Å². The highest BCUT2D eigenvalue weighted by Gasteiger charge is 2.27. The Labute approximate surface area is 108 Å². The standard InChI is InChI=1S/C14H21NO3/c1-10-12(6-7-18-10)15(2)9-11-4-5-14(17-3)13(16)8-11/h4-5,8,10,12,16H,6-7,9H2,1-3H3. The lowest BCUT2D eigenvalue weighted by Gasteiger charge is -2.26. The summed E-state index contributed by atoms with van der Waals surface area (Å²) in [6.45, 7) is 3.75. The topological polar surface area (TPSA) is 41.9 Å². The first kappa shape index (κ1) is 13.2. The molecule has 2 atom stereocenters. The molecule has 1 aliphatic rings. The van der Waals surface area contributed by atoms with Crippen LogP contribution in [0, 0.1) is 0 Å². The van der Waals surface area contributed by atoms with Gasteiger partial charge in [-0.1, -0.05) is 6.07 Å². The van der Waals surface area contributed by atoms with Crippen molar-refractivity contribution in [3.8, 4) is 11.5 Å². The number of hydrogen-bond donors (Lipinski definition) is 1. The summed E-state index contributed by atoms with van der Waals surface area (Å²) in [5, 5.41) is 9.75. The number of ether oxygens (including phenoxy) is 2. The van der Waals surface area contributed by atoms with E-state index in [1.807, 2.05) is 6.07 Å². The van der Waals surface area contributed by atoms with Crippen LogP contribution < -0.4 is 4.74 Å². The van der Waals surface area contributed by atoms with Gasteiger partial charge in [-0.15, -0.1) is 0 Å². The van der Waals surface area contributed by atoms with Crippen molar-refractivity contribution >= 4 is 0 Å². The zero-order valence-electron chi connectivity index (χ0n) is 11.2. The highest BCUT2D eigenvalue weighted by Crippen LogP contribution is 2.27. The van der Waals surface area contributed by atoms with Crippen molar-refractivity contribution in [3.63, 3.8) is 0 Å². The van der Waals surface area contributed by atoms with Crippen LogP contribution in [0.4, 0.5) is 0 Å². The zero-order valence-corrected chi connectivity index (χ0v) is 11.2. The molecule has 18 heavy (non-hydrogen) atoms. The van der Waals surface area contributed by atoms with Gasteiger partial charge < -0.3 is 14.6 Å². The van der Waals surface area contributed by atoms with E-state index in [9.17, 15) is 5.11 Å². The van der Waals surface area contributed by atoms with E-state index in [1.165, 1.54) is 0 Å². The van der Waals surface area contributed by atoms with E-state index in [-0.39, 0.29) is 11.9 Å². The molecule has 1 N–H and O–H groups in total. The van der Waals surface area contributed by atoms with Crippen molar-refractivity contribution in [2.75, 3.05) is 20.8 Å². The molecule has 0 aliphatic carbocycles. The van der Waals surface area contributed by atoms with Crippen molar-refractivity contribution in [1.29, 1.82) is 0 Å². The number of phenols is 1. The van der Waals surface area contributed by atoms with Gasteiger partial charge in [0.25, 0.3) is 0 Å². The minimum absolute atomic E-state index is 0.194. The second-order valence-corrected chi connectivity index (χ2v) is 4.85. The van der Waals surface area contributed by atoms with Crippen LogP contribution in [0.15, 0.2) is 18.2 Å². The lowest BCUT2D eigenvalue weighted by molar-refractivity contribution is 0.0814. The van der Waals surface area contributed by atoms with Gasteiger partial charge in [0.15, 0.2) is 11.5 Å². The zero-order chi connectivity index (χ0) is 13.1. The molecule has 0 spiro atoms. The molecule has 0 aromatic heterocycles. The van der Waals surface area contributed by atoms with Crippen molar-refractivity contribution in [2.24, 2.45) is 0 Å². The lowest BCUT2D eigenvalue weighted by Crippen LogP contribution is -2.36. The Morgan fingerprint density at radius 3 is 2.83 bits per heavy atom. The van der Waals surface area contributed by atoms with E-state index in [4.69, 9.17) is 9.47 Å². The van der Waals surface area contributed by atoms with Crippen molar-refractivity contribution in [2.45, 2.75) is 32.0 Å². The van der Waals surface area contributed by atoms with E-state index < -0.39 is 0 Å². The minimum Gasteiger partial charge on any atom is -0.504 e. The number of rotatable bonds is 4. The van der Waals surface area contributed by atoms with Crippen LogP contribution in [0.2, 0.25) is 0 Å². The second kappa shape index (κ2) is 5.59. The van der Waals surface area contributed by atoms with Gasteiger partial charge in [0.2, 0.25) is 0 Å². The first-order valence-corrected chi connectivity index (χ1v) is 6.29. The molecule has 1 heterocycles. The summed E-state index contributed by atoms with van der Waals surface area (Å²) in [7, 11) is 3.65. The maximum absolute atomic E-state index is 9.75. The van der Waals surface area contributed by atoms with Crippen molar-refractivity contribution in [3.05, 3.63) is 23.8 Å². The smallest absolute Gasteiger partial charge is 0.160 e. The molecule has 2 rings (SSSR count). The summed E-state index contributed by atoms with van der Waals surface area (Å²) in [5.74, 6) is 0.707. The van der Waals surface area contributed by atoms with Crippen molar-refractivity contribution < 1.29 is 14.6 Å². The van der Waals surface area contributed by atoms with Gasteiger partial charge in [-0.25, -0.2) is 0 Å². The molecule has 0 amide bonds.